The quantitative estimate of drug-likeness (QED) is 0.719. The van der Waals surface area contributed by atoms with Gasteiger partial charge in [-0.25, -0.2) is 21.2 Å². The number of benzene rings is 2. The lowest BCUT2D eigenvalue weighted by Gasteiger charge is -2.12. The van der Waals surface area contributed by atoms with Gasteiger partial charge in [0.15, 0.2) is 31.2 Å². The maximum atomic E-state index is 14.2. The van der Waals surface area contributed by atoms with Crippen molar-refractivity contribution in [1.29, 1.82) is 0 Å². The number of carbonyl (C=O) groups excluding carboxylic acids is 1. The van der Waals surface area contributed by atoms with Crippen LogP contribution in [0.15, 0.2) is 41.3 Å². The Balaban J connectivity index is 1.60. The summed E-state index contributed by atoms with van der Waals surface area (Å²) in [6.45, 7) is 0.0537. The Morgan fingerprint density at radius 3 is 2.59 bits per heavy atom. The molecule has 4 rings (SSSR count). The summed E-state index contributed by atoms with van der Waals surface area (Å²) in [4.78, 5) is 12.2. The molecule has 2 aromatic carbocycles. The second-order valence-electron chi connectivity index (χ2n) is 6.73. The summed E-state index contributed by atoms with van der Waals surface area (Å²) in [5, 5.41) is 1.38. The molecule has 1 unspecified atom stereocenters. The van der Waals surface area contributed by atoms with Gasteiger partial charge >= 0.3 is 0 Å². The molecule has 0 saturated carbocycles. The van der Waals surface area contributed by atoms with Crippen LogP contribution in [0.2, 0.25) is 0 Å². The first-order valence-electron chi connectivity index (χ1n) is 8.61. The molecule has 0 bridgehead atoms. The molecule has 29 heavy (non-hydrogen) atoms. The summed E-state index contributed by atoms with van der Waals surface area (Å²) in [6.07, 6.45) is -0.0270. The lowest BCUT2D eigenvalue weighted by Crippen LogP contribution is -2.23. The molecule has 1 saturated heterocycles. The first-order valence-corrected chi connectivity index (χ1v) is 12.0. The molecule has 0 spiro atoms. The second kappa shape index (κ2) is 6.99. The van der Waals surface area contributed by atoms with Crippen LogP contribution in [0, 0.1) is 5.82 Å². The van der Waals surface area contributed by atoms with E-state index in [0.29, 0.717) is 17.2 Å². The zero-order valence-electron chi connectivity index (χ0n) is 14.9. The minimum atomic E-state index is -4.03. The van der Waals surface area contributed by atoms with E-state index >= 15 is 0 Å². The first-order chi connectivity index (χ1) is 13.7. The van der Waals surface area contributed by atoms with Crippen LogP contribution in [-0.2, 0) is 19.7 Å². The highest BCUT2D eigenvalue weighted by Gasteiger charge is 2.38. The lowest BCUT2D eigenvalue weighted by molar-refractivity contribution is 0.102. The highest BCUT2D eigenvalue weighted by molar-refractivity contribution is 7.96. The van der Waals surface area contributed by atoms with Crippen LogP contribution in [0.1, 0.15) is 16.8 Å². The molecular weight excluding hydrogens is 425 g/mol. The monoisotopic (exact) mass is 441 g/mol. The molecule has 0 aliphatic carbocycles. The fraction of sp³-hybridized carbons (Fsp3) is 0.278. The average Bonchev–Trinajstić information content (AvgIpc) is 3.27. The molecule has 1 fully saturated rings. The molecule has 2 aliphatic rings. The van der Waals surface area contributed by atoms with Gasteiger partial charge in [-0.2, -0.15) is 0 Å². The summed E-state index contributed by atoms with van der Waals surface area (Å²) in [5.41, 5.74) is -0.154. The van der Waals surface area contributed by atoms with Gasteiger partial charge in [0.2, 0.25) is 6.79 Å². The summed E-state index contributed by atoms with van der Waals surface area (Å²) >= 11 is 0. The molecule has 1 N–H and O–H groups in total. The normalized spacial score (nSPS) is 19.8. The molecule has 154 valence electrons. The second-order valence-corrected chi connectivity index (χ2v) is 11.2. The van der Waals surface area contributed by atoms with Gasteiger partial charge in [-0.05, 0) is 36.8 Å². The Bertz CT molecular complexity index is 1210. The van der Waals surface area contributed by atoms with Crippen molar-refractivity contribution in [3.05, 3.63) is 47.8 Å². The van der Waals surface area contributed by atoms with Crippen LogP contribution >= 0.6 is 0 Å². The van der Waals surface area contributed by atoms with Crippen molar-refractivity contribution in [2.45, 2.75) is 16.6 Å². The number of hydrogen-bond donors (Lipinski definition) is 1. The van der Waals surface area contributed by atoms with E-state index in [1.165, 1.54) is 12.1 Å². The van der Waals surface area contributed by atoms with Gasteiger partial charge in [0, 0.05) is 11.8 Å². The fourth-order valence-electron chi connectivity index (χ4n) is 3.23. The standard InChI is InChI=1S/C18H16FNO7S2/c19-15-3-2-12(29(24,25)13-5-6-28(22,23)9-13)8-14(15)18(21)20-11-1-4-16-17(7-11)27-10-26-16/h1-4,7-8,13H,5-6,9-10H2,(H,20,21). The lowest BCUT2D eigenvalue weighted by atomic mass is 10.2. The molecule has 8 nitrogen and oxygen atoms in total. The van der Waals surface area contributed by atoms with Crippen molar-refractivity contribution in [2.24, 2.45) is 0 Å². The summed E-state index contributed by atoms with van der Waals surface area (Å²) in [6, 6.07) is 7.46. The Labute approximate surface area is 166 Å². The third-order valence-corrected chi connectivity index (χ3v) is 8.94. The summed E-state index contributed by atoms with van der Waals surface area (Å²) < 4.78 is 73.4. The number of carbonyl (C=O) groups is 1. The van der Waals surface area contributed by atoms with Crippen molar-refractivity contribution < 1.29 is 35.5 Å². The van der Waals surface area contributed by atoms with Crippen LogP contribution in [0.25, 0.3) is 0 Å². The minimum Gasteiger partial charge on any atom is -0.454 e. The maximum absolute atomic E-state index is 14.2. The molecule has 1 amide bonds. The van der Waals surface area contributed by atoms with Crippen LogP contribution in [0.4, 0.5) is 10.1 Å². The number of ether oxygens (including phenoxy) is 2. The number of fused-ring (bicyclic) bond motifs is 1. The smallest absolute Gasteiger partial charge is 0.258 e. The van der Waals surface area contributed by atoms with E-state index < -0.39 is 48.0 Å². The third-order valence-electron chi connectivity index (χ3n) is 4.77. The van der Waals surface area contributed by atoms with Crippen molar-refractivity contribution in [1.82, 2.24) is 0 Å². The molecule has 11 heteroatoms. The SMILES string of the molecule is O=C(Nc1ccc2c(c1)OCO2)c1cc(S(=O)(=O)C2CCS(=O)(=O)C2)ccc1F. The molecule has 2 aromatic rings. The molecule has 1 atom stereocenters. The van der Waals surface area contributed by atoms with Crippen molar-refractivity contribution in [3.8, 4) is 11.5 Å². The zero-order chi connectivity index (χ0) is 20.8. The largest absolute Gasteiger partial charge is 0.454 e. The van der Waals surface area contributed by atoms with E-state index in [0.717, 1.165) is 18.2 Å². The predicted octanol–water partition coefficient (Wildman–Crippen LogP) is 1.77. The van der Waals surface area contributed by atoms with E-state index in [9.17, 15) is 26.0 Å². The van der Waals surface area contributed by atoms with Gasteiger partial charge in [0.1, 0.15) is 5.82 Å². The van der Waals surface area contributed by atoms with Gasteiger partial charge in [-0.15, -0.1) is 0 Å². The molecular formula is C18H16FNO7S2. The Kier molecular flexibility index (Phi) is 4.74. The van der Waals surface area contributed by atoms with Gasteiger partial charge in [0.25, 0.3) is 5.91 Å². The van der Waals surface area contributed by atoms with Crippen LogP contribution in [0.5, 0.6) is 11.5 Å². The van der Waals surface area contributed by atoms with Crippen molar-refractivity contribution in [2.75, 3.05) is 23.6 Å². The Morgan fingerprint density at radius 2 is 1.86 bits per heavy atom. The summed E-state index contributed by atoms with van der Waals surface area (Å²) in [5.74, 6) is -1.52. The first kappa shape index (κ1) is 19.6. The van der Waals surface area contributed by atoms with E-state index in [4.69, 9.17) is 9.47 Å². The van der Waals surface area contributed by atoms with Crippen LogP contribution < -0.4 is 14.8 Å². The number of sulfone groups is 2. The zero-order valence-corrected chi connectivity index (χ0v) is 16.6. The third kappa shape index (κ3) is 3.79. The van der Waals surface area contributed by atoms with Gasteiger partial charge < -0.3 is 14.8 Å². The molecule has 0 aromatic heterocycles. The fourth-order valence-corrected chi connectivity index (χ4v) is 7.61. The number of nitrogens with one attached hydrogen (secondary N) is 1. The molecule has 2 heterocycles. The Hall–Kier alpha value is -2.66. The highest BCUT2D eigenvalue weighted by Crippen LogP contribution is 2.34. The topological polar surface area (TPSA) is 116 Å². The van der Waals surface area contributed by atoms with E-state index in [1.54, 1.807) is 6.07 Å². The van der Waals surface area contributed by atoms with E-state index in [1.807, 2.05) is 0 Å². The molecule has 2 aliphatic heterocycles. The predicted molar refractivity (Wildman–Crippen MR) is 101 cm³/mol. The summed E-state index contributed by atoms with van der Waals surface area (Å²) in [7, 11) is -7.45. The maximum Gasteiger partial charge on any atom is 0.258 e. The number of hydrogen-bond acceptors (Lipinski definition) is 7. The molecule has 0 radical (unpaired) electrons. The van der Waals surface area contributed by atoms with E-state index in [2.05, 4.69) is 5.32 Å². The number of anilines is 1. The van der Waals surface area contributed by atoms with Crippen LogP contribution in [-0.4, -0.2) is 46.3 Å². The average molecular weight is 441 g/mol. The van der Waals surface area contributed by atoms with Crippen molar-refractivity contribution >= 4 is 31.3 Å². The van der Waals surface area contributed by atoms with Crippen LogP contribution in [0.3, 0.4) is 0 Å². The van der Waals surface area contributed by atoms with Gasteiger partial charge in [0.05, 0.1) is 27.2 Å². The Morgan fingerprint density at radius 1 is 1.10 bits per heavy atom. The van der Waals surface area contributed by atoms with Gasteiger partial charge in [-0.1, -0.05) is 0 Å². The highest BCUT2D eigenvalue weighted by atomic mass is 32.2. The number of rotatable bonds is 4. The van der Waals surface area contributed by atoms with Gasteiger partial charge in [-0.3, -0.25) is 4.79 Å². The minimum absolute atomic E-state index is 0.0270. The number of amides is 1. The number of halogens is 1. The van der Waals surface area contributed by atoms with E-state index in [-0.39, 0.29) is 23.9 Å². The van der Waals surface area contributed by atoms with Crippen molar-refractivity contribution in [3.63, 3.8) is 0 Å².